The van der Waals surface area contributed by atoms with Crippen LogP contribution in [0.5, 0.6) is 11.5 Å². The molecule has 0 spiro atoms. The lowest BCUT2D eigenvalue weighted by Crippen LogP contribution is -2.34. The molecule has 0 radical (unpaired) electrons. The Kier molecular flexibility index (Phi) is 6.19. The van der Waals surface area contributed by atoms with Crippen molar-refractivity contribution in [3.63, 3.8) is 0 Å². The molecule has 6 heteroatoms. The minimum absolute atomic E-state index is 0.00412. The van der Waals surface area contributed by atoms with Crippen molar-refractivity contribution in [2.45, 2.75) is 5.92 Å². The number of ether oxygens (including phenoxy) is 2. The minimum Gasteiger partial charge on any atom is -0.497 e. The van der Waals surface area contributed by atoms with Crippen LogP contribution in [-0.4, -0.2) is 37.2 Å². The van der Waals surface area contributed by atoms with Crippen molar-refractivity contribution in [1.29, 1.82) is 0 Å². The number of rotatable bonds is 8. The molecule has 24 heavy (non-hydrogen) atoms. The fourth-order valence-electron chi connectivity index (χ4n) is 2.12. The molecule has 1 atom stereocenters. The number of hydrogen-bond donors (Lipinski definition) is 2. The van der Waals surface area contributed by atoms with Crippen molar-refractivity contribution in [3.05, 3.63) is 60.2 Å². The van der Waals surface area contributed by atoms with Crippen LogP contribution in [0.2, 0.25) is 0 Å². The van der Waals surface area contributed by atoms with Gasteiger partial charge in [-0.1, -0.05) is 30.3 Å². The monoisotopic (exact) mass is 329 g/mol. The van der Waals surface area contributed by atoms with Gasteiger partial charge in [0.15, 0.2) is 6.61 Å². The van der Waals surface area contributed by atoms with E-state index in [4.69, 9.17) is 9.47 Å². The standard InChI is InChI=1S/C18H19NO5/c1-23-14-7-9-15(10-8-14)24-12-17(20)19-11-16(18(21)22)13-5-3-2-4-6-13/h2-10,16H,11-12H2,1H3,(H,19,20)(H,21,22)/t16-/m1/s1. The van der Waals surface area contributed by atoms with Crippen molar-refractivity contribution in [1.82, 2.24) is 5.32 Å². The van der Waals surface area contributed by atoms with E-state index in [1.807, 2.05) is 6.07 Å². The van der Waals surface area contributed by atoms with Crippen LogP contribution in [0.25, 0.3) is 0 Å². The second kappa shape index (κ2) is 8.57. The van der Waals surface area contributed by atoms with Gasteiger partial charge in [-0.25, -0.2) is 0 Å². The number of nitrogens with one attached hydrogen (secondary N) is 1. The lowest BCUT2D eigenvalue weighted by molar-refractivity contribution is -0.138. The van der Waals surface area contributed by atoms with E-state index in [-0.39, 0.29) is 19.1 Å². The maximum atomic E-state index is 11.8. The summed E-state index contributed by atoms with van der Waals surface area (Å²) in [4.78, 5) is 23.2. The van der Waals surface area contributed by atoms with E-state index in [9.17, 15) is 14.7 Å². The number of carbonyl (C=O) groups excluding carboxylic acids is 1. The van der Waals surface area contributed by atoms with E-state index in [1.54, 1.807) is 55.6 Å². The highest BCUT2D eigenvalue weighted by Gasteiger charge is 2.20. The quantitative estimate of drug-likeness (QED) is 0.774. The third-order valence-electron chi connectivity index (χ3n) is 3.43. The van der Waals surface area contributed by atoms with Crippen LogP contribution in [0, 0.1) is 0 Å². The van der Waals surface area contributed by atoms with Crippen LogP contribution in [0.1, 0.15) is 11.5 Å². The van der Waals surface area contributed by atoms with Gasteiger partial charge in [0.1, 0.15) is 11.5 Å². The summed E-state index contributed by atoms with van der Waals surface area (Å²) in [6, 6.07) is 15.6. The first-order valence-corrected chi connectivity index (χ1v) is 7.41. The first kappa shape index (κ1) is 17.3. The molecule has 0 saturated heterocycles. The average Bonchev–Trinajstić information content (AvgIpc) is 2.61. The Morgan fingerprint density at radius 1 is 1.04 bits per heavy atom. The lowest BCUT2D eigenvalue weighted by atomic mass is 9.99. The maximum Gasteiger partial charge on any atom is 0.312 e. The van der Waals surface area contributed by atoms with Gasteiger partial charge in [-0.05, 0) is 29.8 Å². The molecule has 2 aromatic rings. The summed E-state index contributed by atoms with van der Waals surface area (Å²) in [6.07, 6.45) is 0. The van der Waals surface area contributed by atoms with Gasteiger partial charge >= 0.3 is 5.97 Å². The van der Waals surface area contributed by atoms with E-state index in [1.165, 1.54) is 0 Å². The second-order valence-electron chi connectivity index (χ2n) is 5.07. The first-order valence-electron chi connectivity index (χ1n) is 7.41. The van der Waals surface area contributed by atoms with Gasteiger partial charge in [0.05, 0.1) is 13.0 Å². The van der Waals surface area contributed by atoms with Gasteiger partial charge in [-0.3, -0.25) is 9.59 Å². The Bertz CT molecular complexity index is 670. The summed E-state index contributed by atoms with van der Waals surface area (Å²) in [5, 5.41) is 11.9. The van der Waals surface area contributed by atoms with Gasteiger partial charge in [-0.15, -0.1) is 0 Å². The van der Waals surface area contributed by atoms with Crippen molar-refractivity contribution in [3.8, 4) is 11.5 Å². The number of methoxy groups -OCH3 is 1. The molecular formula is C18H19NO5. The summed E-state index contributed by atoms with van der Waals surface area (Å²) >= 11 is 0. The number of carboxylic acids is 1. The van der Waals surface area contributed by atoms with E-state index < -0.39 is 11.9 Å². The van der Waals surface area contributed by atoms with Crippen LogP contribution in [0.15, 0.2) is 54.6 Å². The summed E-state index contributed by atoms with van der Waals surface area (Å²) in [7, 11) is 1.56. The Morgan fingerprint density at radius 3 is 2.25 bits per heavy atom. The highest BCUT2D eigenvalue weighted by molar-refractivity contribution is 5.80. The number of amides is 1. The highest BCUT2D eigenvalue weighted by atomic mass is 16.5. The number of carboxylic acid groups (broad SMARTS) is 1. The molecule has 1 amide bonds. The SMILES string of the molecule is COc1ccc(OCC(=O)NC[C@@H](C(=O)O)c2ccccc2)cc1. The first-order chi connectivity index (χ1) is 11.6. The number of benzene rings is 2. The molecule has 0 saturated carbocycles. The predicted molar refractivity (Wildman–Crippen MR) is 88.3 cm³/mol. The van der Waals surface area contributed by atoms with Gasteiger partial charge in [0.25, 0.3) is 5.91 Å². The smallest absolute Gasteiger partial charge is 0.312 e. The molecule has 126 valence electrons. The lowest BCUT2D eigenvalue weighted by Gasteiger charge is -2.14. The minimum atomic E-state index is -0.988. The zero-order valence-corrected chi connectivity index (χ0v) is 13.3. The van der Waals surface area contributed by atoms with Crippen LogP contribution >= 0.6 is 0 Å². The van der Waals surface area contributed by atoms with Crippen LogP contribution < -0.4 is 14.8 Å². The molecule has 2 rings (SSSR count). The summed E-state index contributed by atoms with van der Waals surface area (Å²) in [6.45, 7) is -0.183. The third kappa shape index (κ3) is 5.01. The molecule has 0 aliphatic carbocycles. The molecule has 0 bridgehead atoms. The van der Waals surface area contributed by atoms with E-state index in [0.717, 1.165) is 0 Å². The number of hydrogen-bond acceptors (Lipinski definition) is 4. The molecule has 0 heterocycles. The van der Waals surface area contributed by atoms with Crippen molar-refractivity contribution in [2.75, 3.05) is 20.3 Å². The summed E-state index contributed by atoms with van der Waals surface area (Å²) in [5.74, 6) is -0.940. The number of carbonyl (C=O) groups is 2. The Balaban J connectivity index is 1.83. The summed E-state index contributed by atoms with van der Waals surface area (Å²) < 4.78 is 10.4. The molecule has 0 aromatic heterocycles. The van der Waals surface area contributed by atoms with Gasteiger partial charge in [0.2, 0.25) is 0 Å². The van der Waals surface area contributed by atoms with Crippen LogP contribution in [-0.2, 0) is 9.59 Å². The molecule has 0 unspecified atom stereocenters. The number of aliphatic carboxylic acids is 1. The largest absolute Gasteiger partial charge is 0.497 e. The zero-order valence-electron chi connectivity index (χ0n) is 13.3. The van der Waals surface area contributed by atoms with Crippen molar-refractivity contribution in [2.24, 2.45) is 0 Å². The van der Waals surface area contributed by atoms with Gasteiger partial charge in [0, 0.05) is 6.54 Å². The molecule has 0 aliphatic rings. The average molecular weight is 329 g/mol. The third-order valence-corrected chi connectivity index (χ3v) is 3.43. The predicted octanol–water partition coefficient (Wildman–Crippen LogP) is 2.06. The fourth-order valence-corrected chi connectivity index (χ4v) is 2.12. The zero-order chi connectivity index (χ0) is 17.4. The van der Waals surface area contributed by atoms with Crippen molar-refractivity contribution >= 4 is 11.9 Å². The molecule has 2 aromatic carbocycles. The Labute approximate surface area is 140 Å². The molecular weight excluding hydrogens is 310 g/mol. The van der Waals surface area contributed by atoms with E-state index in [0.29, 0.717) is 17.1 Å². The van der Waals surface area contributed by atoms with Crippen LogP contribution in [0.4, 0.5) is 0 Å². The van der Waals surface area contributed by atoms with Gasteiger partial charge in [-0.2, -0.15) is 0 Å². The molecule has 2 N–H and O–H groups in total. The Morgan fingerprint density at radius 2 is 1.67 bits per heavy atom. The highest BCUT2D eigenvalue weighted by Crippen LogP contribution is 2.17. The van der Waals surface area contributed by atoms with Crippen molar-refractivity contribution < 1.29 is 24.2 Å². The maximum absolute atomic E-state index is 11.8. The second-order valence-corrected chi connectivity index (χ2v) is 5.07. The fraction of sp³-hybridized carbons (Fsp3) is 0.222. The molecule has 6 nitrogen and oxygen atoms in total. The normalized spacial score (nSPS) is 11.4. The topological polar surface area (TPSA) is 84.9 Å². The van der Waals surface area contributed by atoms with Crippen LogP contribution in [0.3, 0.4) is 0 Å². The Hall–Kier alpha value is -3.02. The summed E-state index contributed by atoms with van der Waals surface area (Å²) in [5.41, 5.74) is 0.640. The molecule has 0 fully saturated rings. The van der Waals surface area contributed by atoms with E-state index in [2.05, 4.69) is 5.32 Å². The van der Waals surface area contributed by atoms with Gasteiger partial charge < -0.3 is 19.9 Å². The van der Waals surface area contributed by atoms with E-state index >= 15 is 0 Å². The molecule has 0 aliphatic heterocycles.